The topological polar surface area (TPSA) is 91.1 Å². The Hall–Kier alpha value is -2.50. The van der Waals surface area contributed by atoms with Crippen LogP contribution in [0.25, 0.3) is 0 Å². The molecular weight excluding hydrogens is 294 g/mol. The highest BCUT2D eigenvalue weighted by atomic mass is 16.3. The highest BCUT2D eigenvalue weighted by Gasteiger charge is 2.43. The van der Waals surface area contributed by atoms with Crippen LogP contribution in [0.5, 0.6) is 0 Å². The van der Waals surface area contributed by atoms with Crippen molar-refractivity contribution in [3.63, 3.8) is 0 Å². The molecule has 2 aliphatic rings. The summed E-state index contributed by atoms with van der Waals surface area (Å²) in [5.74, 6) is -0.547. The second kappa shape index (κ2) is 6.32. The normalized spacial score (nSPS) is 24.1. The van der Waals surface area contributed by atoms with E-state index in [1.807, 2.05) is 19.1 Å². The van der Waals surface area contributed by atoms with Crippen LogP contribution in [0.2, 0.25) is 0 Å². The maximum absolute atomic E-state index is 12.3. The number of urea groups is 1. The lowest BCUT2D eigenvalue weighted by Crippen LogP contribution is -2.21. The molecule has 2 aliphatic carbocycles. The van der Waals surface area contributed by atoms with Gasteiger partial charge in [-0.05, 0) is 31.9 Å². The molecule has 0 aliphatic heterocycles. The van der Waals surface area contributed by atoms with Gasteiger partial charge in [0.15, 0.2) is 11.5 Å². The average Bonchev–Trinajstić information content (AvgIpc) is 2.80. The quantitative estimate of drug-likeness (QED) is 0.804. The van der Waals surface area contributed by atoms with Crippen molar-refractivity contribution < 1.29 is 14.7 Å². The number of carbonyl (C=O) groups is 2. The van der Waals surface area contributed by atoms with Gasteiger partial charge in [-0.1, -0.05) is 35.7 Å². The molecule has 1 aromatic rings. The van der Waals surface area contributed by atoms with Crippen molar-refractivity contribution in [1.29, 1.82) is 0 Å². The number of nitrogens with zero attached hydrogens (tertiary/aromatic N) is 2. The lowest BCUT2D eigenvalue weighted by molar-refractivity contribution is -0.120. The van der Waals surface area contributed by atoms with Crippen LogP contribution in [0, 0.1) is 18.8 Å². The standard InChI is InChI=1S/C17H19N3O3/c1-10-6-8-11(9-7-10)18-17(23)20-19-14-15(21)12-4-2-3-5-13(12)16(14)22/h6-9,12-13,21H,2-5H2,1H3,(H,18,23). The van der Waals surface area contributed by atoms with E-state index in [0.29, 0.717) is 5.69 Å². The van der Waals surface area contributed by atoms with Crippen LogP contribution >= 0.6 is 0 Å². The van der Waals surface area contributed by atoms with Crippen LogP contribution in [0.4, 0.5) is 10.5 Å². The third-order valence-electron chi connectivity index (χ3n) is 4.47. The Morgan fingerprint density at radius 1 is 1.17 bits per heavy atom. The van der Waals surface area contributed by atoms with E-state index in [-0.39, 0.29) is 29.1 Å². The number of hydrogen-bond donors (Lipinski definition) is 2. The van der Waals surface area contributed by atoms with Crippen molar-refractivity contribution in [1.82, 2.24) is 0 Å². The summed E-state index contributed by atoms with van der Waals surface area (Å²) in [4.78, 5) is 24.1. The van der Waals surface area contributed by atoms with Gasteiger partial charge in [-0.3, -0.25) is 4.79 Å². The van der Waals surface area contributed by atoms with Crippen LogP contribution in [0.15, 0.2) is 46.0 Å². The number of aliphatic hydroxyl groups excluding tert-OH is 1. The Kier molecular flexibility index (Phi) is 4.23. The number of hydrogen-bond acceptors (Lipinski definition) is 4. The van der Waals surface area contributed by atoms with Gasteiger partial charge in [0.05, 0.1) is 0 Å². The first kappa shape index (κ1) is 15.4. The molecule has 2 unspecified atom stereocenters. The van der Waals surface area contributed by atoms with E-state index in [2.05, 4.69) is 15.5 Å². The summed E-state index contributed by atoms with van der Waals surface area (Å²) in [5.41, 5.74) is 1.63. The molecule has 0 aromatic heterocycles. The number of azo groups is 1. The largest absolute Gasteiger partial charge is 0.510 e. The summed E-state index contributed by atoms with van der Waals surface area (Å²) in [6, 6.07) is 6.58. The van der Waals surface area contributed by atoms with Gasteiger partial charge in [0.1, 0.15) is 5.76 Å². The molecule has 0 heterocycles. The molecule has 0 saturated heterocycles. The van der Waals surface area contributed by atoms with Crippen molar-refractivity contribution in [3.8, 4) is 0 Å². The number of aliphatic hydroxyl groups is 1. The summed E-state index contributed by atoms with van der Waals surface area (Å²) in [7, 11) is 0. The van der Waals surface area contributed by atoms with E-state index in [0.717, 1.165) is 31.2 Å². The molecule has 2 atom stereocenters. The van der Waals surface area contributed by atoms with Gasteiger partial charge < -0.3 is 10.4 Å². The highest BCUT2D eigenvalue weighted by molar-refractivity contribution is 6.00. The average molecular weight is 313 g/mol. The summed E-state index contributed by atoms with van der Waals surface area (Å²) in [6.45, 7) is 1.95. The molecule has 1 aromatic carbocycles. The third kappa shape index (κ3) is 3.16. The molecule has 0 bridgehead atoms. The van der Waals surface area contributed by atoms with E-state index in [1.165, 1.54) is 0 Å². The van der Waals surface area contributed by atoms with Gasteiger partial charge in [0, 0.05) is 17.5 Å². The van der Waals surface area contributed by atoms with Gasteiger partial charge in [-0.15, -0.1) is 5.11 Å². The van der Waals surface area contributed by atoms with Crippen molar-refractivity contribution >= 4 is 17.5 Å². The number of Topliss-reactive ketones (excluding diaryl/α,β-unsaturated/α-hetero) is 1. The van der Waals surface area contributed by atoms with Gasteiger partial charge in [-0.25, -0.2) is 4.79 Å². The monoisotopic (exact) mass is 313 g/mol. The minimum Gasteiger partial charge on any atom is -0.510 e. The molecule has 0 spiro atoms. The predicted octanol–water partition coefficient (Wildman–Crippen LogP) is 4.14. The fraction of sp³-hybridized carbons (Fsp3) is 0.412. The molecule has 23 heavy (non-hydrogen) atoms. The molecule has 2 N–H and O–H groups in total. The predicted molar refractivity (Wildman–Crippen MR) is 85.2 cm³/mol. The fourth-order valence-corrected chi connectivity index (χ4v) is 3.23. The van der Waals surface area contributed by atoms with Crippen LogP contribution in [-0.4, -0.2) is 16.9 Å². The molecular formula is C17H19N3O3. The molecule has 120 valence electrons. The minimum atomic E-state index is -0.670. The minimum absolute atomic E-state index is 0.00779. The molecule has 0 radical (unpaired) electrons. The van der Waals surface area contributed by atoms with Crippen LogP contribution in [0.1, 0.15) is 31.2 Å². The Bertz CT molecular complexity index is 692. The smallest absolute Gasteiger partial charge is 0.364 e. The second-order valence-corrected chi connectivity index (χ2v) is 6.09. The van der Waals surface area contributed by atoms with E-state index in [1.54, 1.807) is 12.1 Å². The first-order valence-electron chi connectivity index (χ1n) is 7.83. The molecule has 6 heteroatoms. The SMILES string of the molecule is Cc1ccc(NC(=O)N=NC2=C(O)C3CCCCC3C2=O)cc1. The fourth-order valence-electron chi connectivity index (χ4n) is 3.23. The Balaban J connectivity index is 1.69. The van der Waals surface area contributed by atoms with E-state index in [4.69, 9.17) is 0 Å². The van der Waals surface area contributed by atoms with Crippen molar-refractivity contribution in [2.75, 3.05) is 5.32 Å². The maximum Gasteiger partial charge on any atom is 0.364 e. The highest BCUT2D eigenvalue weighted by Crippen LogP contribution is 2.42. The second-order valence-electron chi connectivity index (χ2n) is 6.09. The van der Waals surface area contributed by atoms with Crippen molar-refractivity contribution in [3.05, 3.63) is 41.3 Å². The van der Waals surface area contributed by atoms with Crippen LogP contribution in [-0.2, 0) is 4.79 Å². The third-order valence-corrected chi connectivity index (χ3v) is 4.47. The van der Waals surface area contributed by atoms with Crippen molar-refractivity contribution in [2.24, 2.45) is 22.1 Å². The molecule has 3 rings (SSSR count). The number of ketones is 1. The number of amides is 2. The molecule has 1 fully saturated rings. The maximum atomic E-state index is 12.3. The Morgan fingerprint density at radius 3 is 2.48 bits per heavy atom. The number of anilines is 1. The first-order valence-corrected chi connectivity index (χ1v) is 7.83. The van der Waals surface area contributed by atoms with Gasteiger partial charge in [0.25, 0.3) is 0 Å². The van der Waals surface area contributed by atoms with Crippen LogP contribution < -0.4 is 5.32 Å². The molecule has 6 nitrogen and oxygen atoms in total. The zero-order valence-corrected chi connectivity index (χ0v) is 13.0. The zero-order chi connectivity index (χ0) is 16.4. The van der Waals surface area contributed by atoms with Gasteiger partial charge in [0.2, 0.25) is 0 Å². The van der Waals surface area contributed by atoms with Gasteiger partial charge >= 0.3 is 6.03 Å². The number of carbonyl (C=O) groups excluding carboxylic acids is 2. The number of fused-ring (bicyclic) bond motifs is 1. The van der Waals surface area contributed by atoms with Crippen LogP contribution in [0.3, 0.4) is 0 Å². The number of aryl methyl sites for hydroxylation is 1. The zero-order valence-electron chi connectivity index (χ0n) is 13.0. The summed E-state index contributed by atoms with van der Waals surface area (Å²) >= 11 is 0. The lowest BCUT2D eigenvalue weighted by atomic mass is 9.80. The number of rotatable bonds is 2. The first-order chi connectivity index (χ1) is 11.1. The summed E-state index contributed by atoms with van der Waals surface area (Å²) in [5, 5.41) is 20.0. The van der Waals surface area contributed by atoms with Crippen molar-refractivity contribution in [2.45, 2.75) is 32.6 Å². The van der Waals surface area contributed by atoms with E-state index >= 15 is 0 Å². The summed E-state index contributed by atoms with van der Waals surface area (Å²) < 4.78 is 0. The Labute approximate surface area is 134 Å². The van der Waals surface area contributed by atoms with Gasteiger partial charge in [-0.2, -0.15) is 0 Å². The molecule has 1 saturated carbocycles. The number of allylic oxidation sites excluding steroid dienone is 2. The number of benzene rings is 1. The Morgan fingerprint density at radius 2 is 1.83 bits per heavy atom. The van der Waals surface area contributed by atoms with E-state index in [9.17, 15) is 14.7 Å². The number of nitrogens with one attached hydrogen (secondary N) is 1. The summed E-state index contributed by atoms with van der Waals surface area (Å²) in [6.07, 6.45) is 3.54. The lowest BCUT2D eigenvalue weighted by Gasteiger charge is -2.23. The van der Waals surface area contributed by atoms with E-state index < -0.39 is 6.03 Å². The molecule has 2 amide bonds.